The number of nitrogens with zero attached hydrogens (tertiary/aromatic N) is 1. The van der Waals surface area contributed by atoms with Gasteiger partial charge in [0.25, 0.3) is 0 Å². The van der Waals surface area contributed by atoms with E-state index >= 15 is 0 Å². The molecule has 5 aliphatic rings. The van der Waals surface area contributed by atoms with Gasteiger partial charge in [-0.3, -0.25) is 38.4 Å². The highest BCUT2D eigenvalue weighted by Gasteiger charge is 2.46. The molecule has 0 aromatic heterocycles. The van der Waals surface area contributed by atoms with Crippen LogP contribution in [0.15, 0.2) is 0 Å². The zero-order chi connectivity index (χ0) is 89.4. The molecule has 6 amide bonds. The highest BCUT2D eigenvalue weighted by atomic mass is 16.7. The Balaban J connectivity index is 0.00000601. The van der Waals surface area contributed by atoms with Crippen molar-refractivity contribution < 1.29 is 142 Å². The fourth-order valence-corrected chi connectivity index (χ4v) is 15.1. The number of hydrogen-bond donors (Lipinski definition) is 17. The number of carbonyl (C=O) groups is 8. The number of carbonyl (C=O) groups excluding carboxylic acids is 8. The van der Waals surface area contributed by atoms with Gasteiger partial charge >= 0.3 is 0 Å². The molecule has 11 unspecified atom stereocenters. The SMILES string of the molecule is CC.CC(C)C.COC[C@@H]1C[C@@H](C)CN1C(=O)CCCNC(=O)C(CCCCNC(=O)C(CCCCNC(=O)CCCCO[C@@H]1OC(CO)[C@H](O)[C@H](O)C1C)CC(=O)CCCCO[C@@H]1OC(CO)[C@H](O)[C@H](O)C1C)CC(=O)C(CCCCNC(=O)CCCCO[C@@H]1OC(CO)[C@H](O)[C@H](O)C1C)NC(=O)CCCCO[C@@H]1OC(CO)[C@H](O)[C@H](O)C1C. The summed E-state index contributed by atoms with van der Waals surface area (Å²) in [7, 11) is 1.59. The lowest BCUT2D eigenvalue weighted by Crippen LogP contribution is -2.55. The number of ketones is 2. The molecule has 5 fully saturated rings. The quantitative estimate of drug-likeness (QED) is 0.0387. The first-order valence-corrected chi connectivity index (χ1v) is 44.5. The maximum atomic E-state index is 14.7. The molecule has 5 aliphatic heterocycles. The third-order valence-corrected chi connectivity index (χ3v) is 22.5. The molecule has 120 heavy (non-hydrogen) atoms. The first-order chi connectivity index (χ1) is 57.3. The van der Waals surface area contributed by atoms with Crippen molar-refractivity contribution in [2.75, 3.05) is 99.3 Å². The fraction of sp³-hybridized carbons (Fsp3) is 0.906. The monoisotopic (exact) mass is 1730 g/mol. The van der Waals surface area contributed by atoms with E-state index in [0.29, 0.717) is 128 Å². The molecule has 35 nitrogen and oxygen atoms in total. The third-order valence-electron chi connectivity index (χ3n) is 22.5. The van der Waals surface area contributed by atoms with Crippen molar-refractivity contribution in [3.05, 3.63) is 0 Å². The van der Waals surface area contributed by atoms with Crippen LogP contribution in [0.4, 0.5) is 0 Å². The average molecular weight is 1730 g/mol. The first kappa shape index (κ1) is 109. The Morgan fingerprint density at radius 3 is 1.11 bits per heavy atom. The van der Waals surface area contributed by atoms with Gasteiger partial charge in [0.2, 0.25) is 35.4 Å². The van der Waals surface area contributed by atoms with Crippen LogP contribution in [0.2, 0.25) is 0 Å². The largest absolute Gasteiger partial charge is 0.394 e. The van der Waals surface area contributed by atoms with E-state index in [2.05, 4.69) is 54.3 Å². The van der Waals surface area contributed by atoms with Gasteiger partial charge in [0, 0.05) is 147 Å². The lowest BCUT2D eigenvalue weighted by atomic mass is 9.90. The predicted octanol–water partition coefficient (Wildman–Crippen LogP) is 2.00. The Morgan fingerprint density at radius 2 is 0.742 bits per heavy atom. The molecular formula is C85H156N6O29. The summed E-state index contributed by atoms with van der Waals surface area (Å²) in [4.78, 5) is 112. The molecule has 5 heterocycles. The van der Waals surface area contributed by atoms with Crippen molar-refractivity contribution in [1.82, 2.24) is 31.5 Å². The number of likely N-dealkylation sites (tertiary alicyclic amines) is 1. The van der Waals surface area contributed by atoms with Crippen LogP contribution in [0.25, 0.3) is 0 Å². The van der Waals surface area contributed by atoms with Gasteiger partial charge < -0.3 is 135 Å². The van der Waals surface area contributed by atoms with Crippen molar-refractivity contribution in [2.24, 2.45) is 47.3 Å². The number of amides is 6. The number of aliphatic hydroxyl groups excluding tert-OH is 12. The molecule has 0 aliphatic carbocycles. The Kier molecular flexibility index (Phi) is 56.2. The maximum absolute atomic E-state index is 14.7. The number of Topliss-reactive ketones (excluding diaryl/α,β-unsaturated/α-hetero) is 2. The summed E-state index contributed by atoms with van der Waals surface area (Å²) in [6.45, 7) is 19.6. The van der Waals surface area contributed by atoms with Crippen LogP contribution in [-0.2, 0) is 81.0 Å². The van der Waals surface area contributed by atoms with E-state index in [4.69, 9.17) is 42.6 Å². The lowest BCUT2D eigenvalue weighted by Gasteiger charge is -2.40. The number of hydrogen-bond acceptors (Lipinski definition) is 29. The zero-order valence-electron chi connectivity index (χ0n) is 73.5. The molecule has 17 N–H and O–H groups in total. The summed E-state index contributed by atoms with van der Waals surface area (Å²) in [6.07, 6.45) is -9.56. The summed E-state index contributed by atoms with van der Waals surface area (Å²) in [6, 6.07) is -1.11. The number of rotatable bonds is 57. The third kappa shape index (κ3) is 39.9. The molecule has 35 heteroatoms. The molecule has 0 aromatic rings. The molecule has 0 aromatic carbocycles. The van der Waals surface area contributed by atoms with E-state index in [-0.39, 0.29) is 139 Å². The molecule has 25 atom stereocenters. The van der Waals surface area contributed by atoms with Gasteiger partial charge in [0.15, 0.2) is 30.9 Å². The van der Waals surface area contributed by atoms with E-state index in [9.17, 15) is 99.6 Å². The molecule has 0 saturated carbocycles. The van der Waals surface area contributed by atoms with E-state index in [1.807, 2.05) is 18.7 Å². The molecule has 5 rings (SSSR count). The van der Waals surface area contributed by atoms with Gasteiger partial charge in [-0.05, 0) is 121 Å². The zero-order valence-corrected chi connectivity index (χ0v) is 73.5. The Bertz CT molecular complexity index is 2830. The van der Waals surface area contributed by atoms with E-state index in [0.717, 1.165) is 12.3 Å². The van der Waals surface area contributed by atoms with Crippen LogP contribution in [0.1, 0.15) is 236 Å². The van der Waals surface area contributed by atoms with Crippen molar-refractivity contribution in [3.8, 4) is 0 Å². The first-order valence-electron chi connectivity index (χ1n) is 44.5. The van der Waals surface area contributed by atoms with Crippen LogP contribution in [-0.4, -0.2) is 323 Å². The summed E-state index contributed by atoms with van der Waals surface area (Å²) in [5, 5.41) is 136. The summed E-state index contributed by atoms with van der Waals surface area (Å²) in [5.74, 6) is -5.22. The number of methoxy groups -OCH3 is 1. The van der Waals surface area contributed by atoms with Crippen molar-refractivity contribution in [1.29, 1.82) is 0 Å². The second-order valence-corrected chi connectivity index (χ2v) is 33.6. The minimum Gasteiger partial charge on any atom is -0.394 e. The molecule has 5 saturated heterocycles. The van der Waals surface area contributed by atoms with Crippen LogP contribution < -0.4 is 26.6 Å². The van der Waals surface area contributed by atoms with Crippen molar-refractivity contribution in [3.63, 3.8) is 0 Å². The van der Waals surface area contributed by atoms with Crippen LogP contribution >= 0.6 is 0 Å². The molecule has 0 radical (unpaired) electrons. The average Bonchev–Trinajstić information content (AvgIpc) is 1.07. The van der Waals surface area contributed by atoms with Gasteiger partial charge in [0.1, 0.15) is 54.6 Å². The molecular weight excluding hydrogens is 1570 g/mol. The highest BCUT2D eigenvalue weighted by Crippen LogP contribution is 2.32. The summed E-state index contributed by atoms with van der Waals surface area (Å²) >= 11 is 0. The van der Waals surface area contributed by atoms with E-state index < -0.39 is 184 Å². The van der Waals surface area contributed by atoms with Crippen LogP contribution in [0.5, 0.6) is 0 Å². The maximum Gasteiger partial charge on any atom is 0.223 e. The Morgan fingerprint density at radius 1 is 0.408 bits per heavy atom. The minimum atomic E-state index is -1.31. The summed E-state index contributed by atoms with van der Waals surface area (Å²) in [5.41, 5.74) is 0. The van der Waals surface area contributed by atoms with Gasteiger partial charge in [-0.1, -0.05) is 82.1 Å². The Labute approximate surface area is 711 Å². The van der Waals surface area contributed by atoms with Crippen LogP contribution in [0, 0.1) is 47.3 Å². The van der Waals surface area contributed by atoms with E-state index in [1.54, 1.807) is 34.8 Å². The fourth-order valence-electron chi connectivity index (χ4n) is 15.1. The minimum absolute atomic E-state index is 0.0202. The molecule has 0 bridgehead atoms. The normalized spacial score (nSPS) is 29.4. The van der Waals surface area contributed by atoms with Crippen molar-refractivity contribution in [2.45, 2.75) is 347 Å². The number of ether oxygens (including phenoxy) is 9. The molecule has 700 valence electrons. The van der Waals surface area contributed by atoms with Gasteiger partial charge in [0.05, 0.1) is 69.5 Å². The highest BCUT2D eigenvalue weighted by molar-refractivity contribution is 5.92. The standard InChI is InChI=1S/C79H140N6O29.C4H10.C2H6/c1-47-38-54(46-106-6)85(41-47)65(95)29-21-33-83-75(105)53(40-57(91)56(84-64(94)28-13-20-37-110-79-51(5)69(99)73(103)61(45-89)114-79)25-9-16-31-81-63(93)27-12-19-36-109-78-50(4)68(98)72(102)60(44-88)113-78)23-8-15-32-82-74(104)52(39-55(90)24-10-17-34-107-76-48(2)66(96)70(100)58(42-86)111-76)22-7-14-30-80-62(92)26-11-18-35-108-77-49(3)67(97)71(101)59(43-87)112-77;1-4(2)3;1-2/h47-54,56,58-61,66-73,76-79,86-89,96-103H,7-46H2,1-6H3,(H,80,92)(H,81,93)(H,82,104)(H,83,105)(H,84,94);4H,1-3H3;1-2H3/t47-,48?,49?,50?,51?,52?,53?,54+,56?,58?,59?,60?,61?,66-,67-,68-,69-,70+,71+,72+,73+,76-,77-,78-,79-;;/m1../s1. The molecule has 0 spiro atoms. The number of unbranched alkanes of at least 4 members (excludes halogenated alkanes) is 7. The second kappa shape index (κ2) is 61.6. The van der Waals surface area contributed by atoms with Gasteiger partial charge in [-0.25, -0.2) is 0 Å². The smallest absolute Gasteiger partial charge is 0.223 e. The van der Waals surface area contributed by atoms with Gasteiger partial charge in [-0.15, -0.1) is 0 Å². The summed E-state index contributed by atoms with van der Waals surface area (Å²) < 4.78 is 51.2. The number of nitrogens with one attached hydrogen (secondary N) is 5. The number of aliphatic hydroxyl groups is 12. The second-order valence-electron chi connectivity index (χ2n) is 33.6. The van der Waals surface area contributed by atoms with Crippen LogP contribution in [0.3, 0.4) is 0 Å². The van der Waals surface area contributed by atoms with Crippen molar-refractivity contribution >= 4 is 47.0 Å². The van der Waals surface area contributed by atoms with E-state index in [1.165, 1.54) is 0 Å². The lowest BCUT2D eigenvalue weighted by molar-refractivity contribution is -0.282. The van der Waals surface area contributed by atoms with Gasteiger partial charge in [-0.2, -0.15) is 0 Å². The Hall–Kier alpha value is -4.68. The topological polar surface area (TPSA) is 526 Å². The predicted molar refractivity (Wildman–Crippen MR) is 441 cm³/mol.